The van der Waals surface area contributed by atoms with Crippen molar-refractivity contribution in [2.75, 3.05) is 19.8 Å². The fourth-order valence-corrected chi connectivity index (χ4v) is 2.80. The van der Waals surface area contributed by atoms with E-state index in [1.807, 2.05) is 27.7 Å². The Morgan fingerprint density at radius 1 is 0.811 bits per heavy atom. The molecule has 1 aromatic carbocycles. The number of benzene rings is 1. The van der Waals surface area contributed by atoms with Crippen molar-refractivity contribution in [2.45, 2.75) is 73.0 Å². The Balaban J connectivity index is 2.89. The highest BCUT2D eigenvalue weighted by Crippen LogP contribution is 2.30. The zero-order chi connectivity index (χ0) is 28.0. The van der Waals surface area contributed by atoms with Crippen LogP contribution in [0.5, 0.6) is 11.5 Å². The van der Waals surface area contributed by atoms with Gasteiger partial charge in [0.25, 0.3) is 0 Å². The number of hydrogen-bond donors (Lipinski definition) is 1. The van der Waals surface area contributed by atoms with Crippen LogP contribution in [0.1, 0.15) is 59.9 Å². The van der Waals surface area contributed by atoms with Crippen molar-refractivity contribution in [3.63, 3.8) is 0 Å². The molecule has 208 valence electrons. The molecule has 0 unspecified atom stereocenters. The van der Waals surface area contributed by atoms with Gasteiger partial charge in [0.1, 0.15) is 18.8 Å². The van der Waals surface area contributed by atoms with E-state index in [0.717, 1.165) is 0 Å². The number of carbonyl (C=O) groups excluding carboxylic acids is 4. The third-order valence-corrected chi connectivity index (χ3v) is 4.81. The lowest BCUT2D eigenvalue weighted by Crippen LogP contribution is -2.36. The monoisotopic (exact) mass is 525 g/mol. The number of ether oxygens (including phenoxy) is 6. The van der Waals surface area contributed by atoms with Crippen molar-refractivity contribution < 1.29 is 47.6 Å². The summed E-state index contributed by atoms with van der Waals surface area (Å²) in [7, 11) is 0. The summed E-state index contributed by atoms with van der Waals surface area (Å²) in [6.07, 6.45) is -1.21. The second-order valence-electron chi connectivity index (χ2n) is 9.41. The van der Waals surface area contributed by atoms with E-state index in [9.17, 15) is 19.2 Å². The van der Waals surface area contributed by atoms with Crippen LogP contribution in [0, 0.1) is 11.8 Å². The molecule has 0 fully saturated rings. The lowest BCUT2D eigenvalue weighted by Gasteiger charge is -2.16. The minimum Gasteiger partial charge on any atom is -0.461 e. The molecule has 0 aromatic heterocycles. The van der Waals surface area contributed by atoms with E-state index in [2.05, 4.69) is 0 Å². The minimum absolute atomic E-state index is 0.0264. The molecule has 11 nitrogen and oxygen atoms in total. The summed E-state index contributed by atoms with van der Waals surface area (Å²) in [5.41, 5.74) is 6.46. The number of esters is 2. The van der Waals surface area contributed by atoms with Crippen molar-refractivity contribution in [3.8, 4) is 11.5 Å². The predicted octanol–water partition coefficient (Wildman–Crippen LogP) is 4.17. The second kappa shape index (κ2) is 16.4. The molecule has 0 saturated carbocycles. The standard InChI is InChI=1S/C26H39NO10/c1-16(2)9-11-32-25(30)36-22-8-7-20(14-23(22)37-26(31)33-12-10-17(3)4)13-21(27)24(29)34-15-18(5)35-19(6)28/h7-8,14,16-18,21H,9-13,15,27H2,1-6H3/t18-,21-/m0/s1. The minimum atomic E-state index is -1.05. The van der Waals surface area contributed by atoms with Gasteiger partial charge in [-0.2, -0.15) is 0 Å². The lowest BCUT2D eigenvalue weighted by molar-refractivity contribution is -0.157. The fourth-order valence-electron chi connectivity index (χ4n) is 2.80. The first-order valence-electron chi connectivity index (χ1n) is 12.3. The molecule has 0 aliphatic heterocycles. The third kappa shape index (κ3) is 14.1. The molecule has 1 aromatic rings. The van der Waals surface area contributed by atoms with Gasteiger partial charge in [-0.15, -0.1) is 0 Å². The molecule has 0 aliphatic rings. The molecule has 37 heavy (non-hydrogen) atoms. The predicted molar refractivity (Wildman–Crippen MR) is 133 cm³/mol. The van der Waals surface area contributed by atoms with Crippen molar-refractivity contribution >= 4 is 24.2 Å². The van der Waals surface area contributed by atoms with E-state index in [-0.39, 0.29) is 37.7 Å². The van der Waals surface area contributed by atoms with Crippen molar-refractivity contribution in [1.29, 1.82) is 0 Å². The van der Waals surface area contributed by atoms with Gasteiger partial charge in [-0.1, -0.05) is 33.8 Å². The van der Waals surface area contributed by atoms with Crippen LogP contribution in [-0.2, 0) is 35.0 Å². The summed E-state index contributed by atoms with van der Waals surface area (Å²) < 4.78 is 30.6. The first kappa shape index (κ1) is 31.7. The van der Waals surface area contributed by atoms with Crippen molar-refractivity contribution in [1.82, 2.24) is 0 Å². The summed E-state index contributed by atoms with van der Waals surface area (Å²) in [5, 5.41) is 0. The van der Waals surface area contributed by atoms with Crippen LogP contribution >= 0.6 is 0 Å². The maximum absolute atomic E-state index is 12.3. The molecule has 0 saturated heterocycles. The summed E-state index contributed by atoms with van der Waals surface area (Å²) >= 11 is 0. The average molecular weight is 526 g/mol. The summed E-state index contributed by atoms with van der Waals surface area (Å²) in [4.78, 5) is 47.5. The summed E-state index contributed by atoms with van der Waals surface area (Å²) in [5.74, 6) is -0.693. The topological polar surface area (TPSA) is 150 Å². The zero-order valence-corrected chi connectivity index (χ0v) is 22.4. The summed E-state index contributed by atoms with van der Waals surface area (Å²) in [6.45, 7) is 11.0. The molecule has 2 atom stereocenters. The van der Waals surface area contributed by atoms with Gasteiger partial charge in [-0.05, 0) is 55.7 Å². The van der Waals surface area contributed by atoms with Crippen LogP contribution in [0.15, 0.2) is 18.2 Å². The van der Waals surface area contributed by atoms with Crippen molar-refractivity contribution in [2.24, 2.45) is 17.6 Å². The second-order valence-corrected chi connectivity index (χ2v) is 9.41. The van der Waals surface area contributed by atoms with Crippen LogP contribution in [0.2, 0.25) is 0 Å². The van der Waals surface area contributed by atoms with E-state index in [1.165, 1.54) is 19.1 Å². The van der Waals surface area contributed by atoms with E-state index in [0.29, 0.717) is 30.2 Å². The smallest absolute Gasteiger partial charge is 0.461 e. The van der Waals surface area contributed by atoms with Gasteiger partial charge in [0.15, 0.2) is 11.5 Å². The molecule has 0 aliphatic carbocycles. The highest BCUT2D eigenvalue weighted by molar-refractivity contribution is 5.76. The number of rotatable bonds is 14. The number of carbonyl (C=O) groups is 4. The largest absolute Gasteiger partial charge is 0.513 e. The average Bonchev–Trinajstić information content (AvgIpc) is 2.78. The van der Waals surface area contributed by atoms with Gasteiger partial charge in [-0.3, -0.25) is 9.59 Å². The summed E-state index contributed by atoms with van der Waals surface area (Å²) in [6, 6.07) is 3.32. The van der Waals surface area contributed by atoms with Crippen LogP contribution in [0.3, 0.4) is 0 Å². The molecular formula is C26H39NO10. The van der Waals surface area contributed by atoms with Crippen LogP contribution in [-0.4, -0.2) is 56.2 Å². The SMILES string of the molecule is CC(=O)O[C@@H](C)COC(=O)[C@@H](N)Cc1ccc(OC(=O)OCCC(C)C)c(OC(=O)OCCC(C)C)c1. The Kier molecular flexibility index (Phi) is 14.1. The van der Waals surface area contributed by atoms with Crippen LogP contribution < -0.4 is 15.2 Å². The molecule has 0 heterocycles. The zero-order valence-electron chi connectivity index (χ0n) is 22.4. The first-order valence-corrected chi connectivity index (χ1v) is 12.3. The van der Waals surface area contributed by atoms with Gasteiger partial charge in [0, 0.05) is 6.92 Å². The van der Waals surface area contributed by atoms with Crippen molar-refractivity contribution in [3.05, 3.63) is 23.8 Å². The van der Waals surface area contributed by atoms with Gasteiger partial charge < -0.3 is 34.2 Å². The maximum atomic E-state index is 12.3. The molecule has 1 rings (SSSR count). The van der Waals surface area contributed by atoms with Gasteiger partial charge in [0.2, 0.25) is 0 Å². The molecule has 0 spiro atoms. The van der Waals surface area contributed by atoms with Crippen LogP contribution in [0.25, 0.3) is 0 Å². The highest BCUT2D eigenvalue weighted by atomic mass is 16.7. The molecule has 11 heteroatoms. The van der Waals surface area contributed by atoms with E-state index in [4.69, 9.17) is 34.2 Å². The molecule has 0 bridgehead atoms. The number of nitrogens with two attached hydrogens (primary N) is 1. The Morgan fingerprint density at radius 3 is 1.86 bits per heavy atom. The quantitative estimate of drug-likeness (QED) is 0.212. The van der Waals surface area contributed by atoms with E-state index >= 15 is 0 Å². The van der Waals surface area contributed by atoms with Gasteiger partial charge in [0.05, 0.1) is 13.2 Å². The Morgan fingerprint density at radius 2 is 1.35 bits per heavy atom. The molecule has 0 radical (unpaired) electrons. The van der Waals surface area contributed by atoms with Gasteiger partial charge >= 0.3 is 24.2 Å². The lowest BCUT2D eigenvalue weighted by atomic mass is 10.1. The molecular weight excluding hydrogens is 486 g/mol. The highest BCUT2D eigenvalue weighted by Gasteiger charge is 2.21. The van der Waals surface area contributed by atoms with Gasteiger partial charge in [-0.25, -0.2) is 9.59 Å². The maximum Gasteiger partial charge on any atom is 0.513 e. The van der Waals surface area contributed by atoms with E-state index < -0.39 is 36.4 Å². The third-order valence-electron chi connectivity index (χ3n) is 4.81. The normalized spacial score (nSPS) is 12.5. The first-order chi connectivity index (χ1) is 17.4. The Hall–Kier alpha value is -3.34. The van der Waals surface area contributed by atoms with Crippen LogP contribution in [0.4, 0.5) is 9.59 Å². The Bertz CT molecular complexity index is 899. The molecule has 2 N–H and O–H groups in total. The molecule has 0 amide bonds. The Labute approximate surface area is 217 Å². The fraction of sp³-hybridized carbons (Fsp3) is 0.615. The van der Waals surface area contributed by atoms with E-state index in [1.54, 1.807) is 13.0 Å². The number of hydrogen-bond acceptors (Lipinski definition) is 11.